The zero-order valence-corrected chi connectivity index (χ0v) is 15.0. The van der Waals surface area contributed by atoms with Crippen LogP contribution < -0.4 is 5.32 Å². The Morgan fingerprint density at radius 1 is 0.923 bits per heavy atom. The molecule has 132 valence electrons. The molecule has 0 radical (unpaired) electrons. The van der Waals surface area contributed by atoms with E-state index in [9.17, 15) is 9.59 Å². The first-order valence-corrected chi connectivity index (χ1v) is 8.59. The van der Waals surface area contributed by atoms with Crippen LogP contribution in [0.25, 0.3) is 10.8 Å². The van der Waals surface area contributed by atoms with Crippen molar-refractivity contribution in [2.24, 2.45) is 0 Å². The van der Waals surface area contributed by atoms with Crippen LogP contribution in [0.4, 0.5) is 0 Å². The van der Waals surface area contributed by atoms with Gasteiger partial charge in [0, 0.05) is 19.2 Å². The molecule has 0 unspecified atom stereocenters. The van der Waals surface area contributed by atoms with Gasteiger partial charge in [-0.1, -0.05) is 54.1 Å². The molecule has 0 aliphatic heterocycles. The molecular formula is C22H22N2O2. The fourth-order valence-electron chi connectivity index (χ4n) is 2.88. The molecular weight excluding hydrogens is 324 g/mol. The van der Waals surface area contributed by atoms with Crippen LogP contribution in [0.1, 0.15) is 21.5 Å². The molecule has 4 heteroatoms. The van der Waals surface area contributed by atoms with E-state index < -0.39 is 0 Å². The lowest BCUT2D eigenvalue weighted by atomic mass is 10.1. The minimum Gasteiger partial charge on any atom is -0.343 e. The number of rotatable bonds is 5. The molecule has 0 spiro atoms. The zero-order valence-electron chi connectivity index (χ0n) is 15.0. The van der Waals surface area contributed by atoms with E-state index in [-0.39, 0.29) is 18.4 Å². The quantitative estimate of drug-likeness (QED) is 0.768. The van der Waals surface area contributed by atoms with Gasteiger partial charge in [-0.25, -0.2) is 0 Å². The second-order valence-corrected chi connectivity index (χ2v) is 6.48. The Morgan fingerprint density at radius 2 is 1.69 bits per heavy atom. The van der Waals surface area contributed by atoms with Crippen LogP contribution >= 0.6 is 0 Å². The summed E-state index contributed by atoms with van der Waals surface area (Å²) in [6.07, 6.45) is 0. The third-order valence-corrected chi connectivity index (χ3v) is 4.34. The summed E-state index contributed by atoms with van der Waals surface area (Å²) in [5.41, 5.74) is 2.64. The van der Waals surface area contributed by atoms with Crippen LogP contribution in [-0.2, 0) is 11.3 Å². The van der Waals surface area contributed by atoms with Crippen molar-refractivity contribution in [3.63, 3.8) is 0 Å². The minimum atomic E-state index is -0.235. The molecule has 0 saturated heterocycles. The molecule has 26 heavy (non-hydrogen) atoms. The number of hydrogen-bond donors (Lipinski definition) is 1. The molecule has 0 heterocycles. The number of carbonyl (C=O) groups is 2. The van der Waals surface area contributed by atoms with E-state index in [1.807, 2.05) is 37.3 Å². The fraction of sp³-hybridized carbons (Fsp3) is 0.182. The summed E-state index contributed by atoms with van der Waals surface area (Å²) in [7, 11) is 1.75. The molecule has 0 aliphatic rings. The van der Waals surface area contributed by atoms with Crippen LogP contribution in [0.3, 0.4) is 0 Å². The van der Waals surface area contributed by atoms with Crippen LogP contribution in [0.5, 0.6) is 0 Å². The van der Waals surface area contributed by atoms with Gasteiger partial charge in [-0.3, -0.25) is 9.59 Å². The molecule has 0 atom stereocenters. The topological polar surface area (TPSA) is 49.4 Å². The molecule has 1 N–H and O–H groups in total. The van der Waals surface area contributed by atoms with Gasteiger partial charge < -0.3 is 10.2 Å². The summed E-state index contributed by atoms with van der Waals surface area (Å²) in [6, 6.07) is 21.6. The highest BCUT2D eigenvalue weighted by atomic mass is 16.2. The van der Waals surface area contributed by atoms with Crippen molar-refractivity contribution in [1.29, 1.82) is 0 Å². The van der Waals surface area contributed by atoms with Crippen molar-refractivity contribution in [2.45, 2.75) is 13.5 Å². The molecule has 3 aromatic carbocycles. The predicted octanol–water partition coefficient (Wildman–Crippen LogP) is 3.54. The number of nitrogens with one attached hydrogen (secondary N) is 1. The molecule has 0 aliphatic carbocycles. The monoisotopic (exact) mass is 346 g/mol. The summed E-state index contributed by atoms with van der Waals surface area (Å²) in [5, 5.41) is 5.02. The second kappa shape index (κ2) is 7.83. The van der Waals surface area contributed by atoms with Gasteiger partial charge in [-0.05, 0) is 41.5 Å². The van der Waals surface area contributed by atoms with E-state index in [0.29, 0.717) is 12.1 Å². The first kappa shape index (κ1) is 17.7. The van der Waals surface area contributed by atoms with Gasteiger partial charge in [-0.15, -0.1) is 0 Å². The van der Waals surface area contributed by atoms with Gasteiger partial charge in [0.05, 0.1) is 6.54 Å². The Balaban J connectivity index is 1.57. The first-order chi connectivity index (χ1) is 12.5. The van der Waals surface area contributed by atoms with Crippen molar-refractivity contribution in [1.82, 2.24) is 10.2 Å². The van der Waals surface area contributed by atoms with E-state index in [1.54, 1.807) is 24.1 Å². The van der Waals surface area contributed by atoms with Crippen molar-refractivity contribution in [3.05, 3.63) is 83.4 Å². The maximum atomic E-state index is 12.3. The highest BCUT2D eigenvalue weighted by Gasteiger charge is 2.12. The lowest BCUT2D eigenvalue weighted by molar-refractivity contribution is -0.129. The molecule has 2 amide bonds. The normalized spacial score (nSPS) is 10.5. The second-order valence-electron chi connectivity index (χ2n) is 6.48. The SMILES string of the molecule is Cc1cccc(C(=O)NCC(=O)N(C)Cc2ccc3ccccc3c2)c1. The summed E-state index contributed by atoms with van der Waals surface area (Å²) in [4.78, 5) is 26.1. The Hall–Kier alpha value is -3.14. The predicted molar refractivity (Wildman–Crippen MR) is 104 cm³/mol. The summed E-state index contributed by atoms with van der Waals surface area (Å²) in [6.45, 7) is 2.42. The Labute approximate surface area is 153 Å². The molecule has 0 fully saturated rings. The van der Waals surface area contributed by atoms with Crippen LogP contribution in [0, 0.1) is 6.92 Å². The number of likely N-dealkylation sites (N-methyl/N-ethyl adjacent to an activating group) is 1. The van der Waals surface area contributed by atoms with Gasteiger partial charge in [0.2, 0.25) is 5.91 Å². The van der Waals surface area contributed by atoms with Gasteiger partial charge in [0.1, 0.15) is 0 Å². The molecule has 3 rings (SSSR count). The largest absolute Gasteiger partial charge is 0.343 e. The number of amides is 2. The van der Waals surface area contributed by atoms with Gasteiger partial charge in [0.15, 0.2) is 0 Å². The lowest BCUT2D eigenvalue weighted by Gasteiger charge is -2.18. The van der Waals surface area contributed by atoms with Crippen LogP contribution in [0.15, 0.2) is 66.7 Å². The third kappa shape index (κ3) is 4.28. The molecule has 0 aromatic heterocycles. The van der Waals surface area contributed by atoms with E-state index in [2.05, 4.69) is 29.6 Å². The molecule has 3 aromatic rings. The smallest absolute Gasteiger partial charge is 0.251 e. The summed E-state index contributed by atoms with van der Waals surface area (Å²) in [5.74, 6) is -0.361. The standard InChI is InChI=1S/C22H22N2O2/c1-16-6-5-9-20(12-16)22(26)23-14-21(25)24(2)15-17-10-11-18-7-3-4-8-19(18)13-17/h3-13H,14-15H2,1-2H3,(H,23,26). The highest BCUT2D eigenvalue weighted by Crippen LogP contribution is 2.16. The molecule has 4 nitrogen and oxygen atoms in total. The molecule has 0 bridgehead atoms. The Morgan fingerprint density at radius 3 is 2.46 bits per heavy atom. The maximum absolute atomic E-state index is 12.3. The fourth-order valence-corrected chi connectivity index (χ4v) is 2.88. The van der Waals surface area contributed by atoms with Crippen molar-refractivity contribution < 1.29 is 9.59 Å². The number of nitrogens with zero attached hydrogens (tertiary/aromatic N) is 1. The summed E-state index contributed by atoms with van der Waals surface area (Å²) >= 11 is 0. The van der Waals surface area contributed by atoms with E-state index >= 15 is 0 Å². The van der Waals surface area contributed by atoms with E-state index in [4.69, 9.17) is 0 Å². The number of carbonyl (C=O) groups excluding carboxylic acids is 2. The van der Waals surface area contributed by atoms with E-state index in [0.717, 1.165) is 16.5 Å². The van der Waals surface area contributed by atoms with Gasteiger partial charge >= 0.3 is 0 Å². The molecule has 0 saturated carbocycles. The average molecular weight is 346 g/mol. The number of fused-ring (bicyclic) bond motifs is 1. The van der Waals surface area contributed by atoms with Crippen LogP contribution in [0.2, 0.25) is 0 Å². The Kier molecular flexibility index (Phi) is 5.32. The minimum absolute atomic E-state index is 0.0170. The first-order valence-electron chi connectivity index (χ1n) is 8.59. The van der Waals surface area contributed by atoms with Gasteiger partial charge in [-0.2, -0.15) is 0 Å². The maximum Gasteiger partial charge on any atom is 0.251 e. The van der Waals surface area contributed by atoms with Crippen LogP contribution in [-0.4, -0.2) is 30.3 Å². The van der Waals surface area contributed by atoms with Crippen molar-refractivity contribution in [3.8, 4) is 0 Å². The Bertz CT molecular complexity index is 950. The highest BCUT2D eigenvalue weighted by molar-refractivity contribution is 5.96. The lowest BCUT2D eigenvalue weighted by Crippen LogP contribution is -2.37. The van der Waals surface area contributed by atoms with Crippen molar-refractivity contribution >= 4 is 22.6 Å². The number of hydrogen-bond acceptors (Lipinski definition) is 2. The van der Waals surface area contributed by atoms with E-state index in [1.165, 1.54) is 5.39 Å². The zero-order chi connectivity index (χ0) is 18.5. The number of benzene rings is 3. The van der Waals surface area contributed by atoms with Gasteiger partial charge in [0.25, 0.3) is 5.91 Å². The average Bonchev–Trinajstić information content (AvgIpc) is 2.65. The third-order valence-electron chi connectivity index (χ3n) is 4.34. The van der Waals surface area contributed by atoms with Crippen molar-refractivity contribution in [2.75, 3.05) is 13.6 Å². The summed E-state index contributed by atoms with van der Waals surface area (Å²) < 4.78 is 0. The number of aryl methyl sites for hydroxylation is 1.